The van der Waals surface area contributed by atoms with E-state index < -0.39 is 0 Å². The molecule has 0 bridgehead atoms. The van der Waals surface area contributed by atoms with Crippen molar-refractivity contribution < 1.29 is 23.8 Å². The molecule has 26 heavy (non-hydrogen) atoms. The van der Waals surface area contributed by atoms with Gasteiger partial charge in [0.15, 0.2) is 18.1 Å². The number of fused-ring (bicyclic) bond motifs is 1. The highest BCUT2D eigenvalue weighted by molar-refractivity contribution is 6.30. The van der Waals surface area contributed by atoms with Crippen molar-refractivity contribution in [2.45, 2.75) is 0 Å². The number of amides is 2. The van der Waals surface area contributed by atoms with Gasteiger partial charge in [0.05, 0.1) is 6.54 Å². The van der Waals surface area contributed by atoms with Gasteiger partial charge in [0.1, 0.15) is 5.75 Å². The van der Waals surface area contributed by atoms with E-state index in [0.717, 1.165) is 0 Å². The summed E-state index contributed by atoms with van der Waals surface area (Å²) in [5.74, 6) is 1.06. The quantitative estimate of drug-likeness (QED) is 0.838. The Hall–Kier alpha value is -2.93. The molecule has 0 aliphatic carbocycles. The largest absolute Gasteiger partial charge is 0.484 e. The third-order valence-corrected chi connectivity index (χ3v) is 3.89. The number of nitrogens with one attached hydrogen (secondary N) is 1. The molecule has 2 aromatic rings. The zero-order chi connectivity index (χ0) is 18.5. The molecular weight excluding hydrogens is 360 g/mol. The summed E-state index contributed by atoms with van der Waals surface area (Å²) in [6, 6.07) is 11.8. The van der Waals surface area contributed by atoms with E-state index in [-0.39, 0.29) is 31.8 Å². The SMILES string of the molecule is CN(CC(=O)Nc1ccc(Cl)cc1)C(=O)COc1ccc2c(c1)OCO2. The molecule has 1 aliphatic rings. The summed E-state index contributed by atoms with van der Waals surface area (Å²) in [5, 5.41) is 3.27. The number of benzene rings is 2. The molecule has 2 amide bonds. The molecule has 136 valence electrons. The first-order chi connectivity index (χ1) is 12.5. The highest BCUT2D eigenvalue weighted by Gasteiger charge is 2.16. The molecule has 0 spiro atoms. The van der Waals surface area contributed by atoms with Gasteiger partial charge in [-0.1, -0.05) is 11.6 Å². The lowest BCUT2D eigenvalue weighted by Gasteiger charge is -2.17. The van der Waals surface area contributed by atoms with E-state index in [1.807, 2.05) is 0 Å². The van der Waals surface area contributed by atoms with Crippen molar-refractivity contribution >= 4 is 29.1 Å². The molecule has 1 heterocycles. The van der Waals surface area contributed by atoms with Crippen molar-refractivity contribution in [1.29, 1.82) is 0 Å². The Kier molecular flexibility index (Phi) is 5.48. The van der Waals surface area contributed by atoms with E-state index >= 15 is 0 Å². The third-order valence-electron chi connectivity index (χ3n) is 3.64. The first-order valence-electron chi connectivity index (χ1n) is 7.83. The van der Waals surface area contributed by atoms with Crippen LogP contribution in [0.5, 0.6) is 17.2 Å². The lowest BCUT2D eigenvalue weighted by Crippen LogP contribution is -2.37. The van der Waals surface area contributed by atoms with Crippen LogP contribution in [0.25, 0.3) is 0 Å². The van der Waals surface area contributed by atoms with Crippen LogP contribution in [-0.4, -0.2) is 43.7 Å². The minimum atomic E-state index is -0.325. The number of halogens is 1. The molecule has 1 N–H and O–H groups in total. The summed E-state index contributed by atoms with van der Waals surface area (Å²) >= 11 is 5.80. The molecular formula is C18H17ClN2O5. The second kappa shape index (κ2) is 7.97. The number of hydrogen-bond donors (Lipinski definition) is 1. The highest BCUT2D eigenvalue weighted by Crippen LogP contribution is 2.35. The normalized spacial score (nSPS) is 11.8. The minimum Gasteiger partial charge on any atom is -0.484 e. The number of likely N-dealkylation sites (N-methyl/N-ethyl adjacent to an activating group) is 1. The monoisotopic (exact) mass is 376 g/mol. The standard InChI is InChI=1S/C18H17ClN2O5/c1-21(9-17(22)20-13-4-2-12(19)3-5-13)18(23)10-24-14-6-7-15-16(8-14)26-11-25-15/h2-8H,9-11H2,1H3,(H,20,22). The van der Waals surface area contributed by atoms with Crippen LogP contribution in [0, 0.1) is 0 Å². The Bertz CT molecular complexity index is 810. The zero-order valence-corrected chi connectivity index (χ0v) is 14.8. The summed E-state index contributed by atoms with van der Waals surface area (Å²) < 4.78 is 15.9. The van der Waals surface area contributed by atoms with E-state index in [0.29, 0.717) is 28.0 Å². The lowest BCUT2D eigenvalue weighted by molar-refractivity contribution is -0.135. The maximum Gasteiger partial charge on any atom is 0.260 e. The molecule has 0 fully saturated rings. The van der Waals surface area contributed by atoms with Crippen LogP contribution in [-0.2, 0) is 9.59 Å². The van der Waals surface area contributed by atoms with Crippen LogP contribution < -0.4 is 19.5 Å². The maximum atomic E-state index is 12.1. The van der Waals surface area contributed by atoms with Gasteiger partial charge in [-0.25, -0.2) is 0 Å². The Morgan fingerprint density at radius 2 is 1.88 bits per heavy atom. The molecule has 2 aromatic carbocycles. The molecule has 0 atom stereocenters. The fourth-order valence-electron chi connectivity index (χ4n) is 2.26. The minimum absolute atomic E-state index is 0.0913. The Balaban J connectivity index is 1.46. The number of anilines is 1. The zero-order valence-electron chi connectivity index (χ0n) is 14.0. The van der Waals surface area contributed by atoms with Crippen LogP contribution in [0.15, 0.2) is 42.5 Å². The van der Waals surface area contributed by atoms with E-state index in [2.05, 4.69) is 5.32 Å². The van der Waals surface area contributed by atoms with Crippen LogP contribution in [0.4, 0.5) is 5.69 Å². The average Bonchev–Trinajstić information content (AvgIpc) is 3.09. The van der Waals surface area contributed by atoms with Gasteiger partial charge in [-0.3, -0.25) is 9.59 Å². The van der Waals surface area contributed by atoms with Crippen LogP contribution >= 0.6 is 11.6 Å². The highest BCUT2D eigenvalue weighted by atomic mass is 35.5. The molecule has 0 saturated carbocycles. The summed E-state index contributed by atoms with van der Waals surface area (Å²) in [4.78, 5) is 25.4. The molecule has 0 saturated heterocycles. The number of carbonyl (C=O) groups excluding carboxylic acids is 2. The number of rotatable bonds is 6. The molecule has 0 unspecified atom stereocenters. The van der Waals surface area contributed by atoms with Crippen molar-refractivity contribution in [3.05, 3.63) is 47.5 Å². The van der Waals surface area contributed by atoms with E-state index in [9.17, 15) is 9.59 Å². The van der Waals surface area contributed by atoms with E-state index in [1.165, 1.54) is 11.9 Å². The Morgan fingerprint density at radius 1 is 1.15 bits per heavy atom. The third kappa shape index (κ3) is 4.58. The fraction of sp³-hybridized carbons (Fsp3) is 0.222. The summed E-state index contributed by atoms with van der Waals surface area (Å²) in [6.07, 6.45) is 0. The molecule has 1 aliphatic heterocycles. The topological polar surface area (TPSA) is 77.1 Å². The van der Waals surface area contributed by atoms with Gasteiger partial charge in [-0.05, 0) is 36.4 Å². The predicted molar refractivity (Wildman–Crippen MR) is 95.8 cm³/mol. The van der Waals surface area contributed by atoms with Crippen molar-refractivity contribution in [3.8, 4) is 17.2 Å². The van der Waals surface area contributed by atoms with Gasteiger partial charge in [0, 0.05) is 23.8 Å². The second-order valence-electron chi connectivity index (χ2n) is 5.61. The molecule has 0 aromatic heterocycles. The fourth-order valence-corrected chi connectivity index (χ4v) is 2.39. The van der Waals surface area contributed by atoms with Crippen LogP contribution in [0.1, 0.15) is 0 Å². The van der Waals surface area contributed by atoms with Gasteiger partial charge in [-0.2, -0.15) is 0 Å². The number of nitrogens with zero attached hydrogens (tertiary/aromatic N) is 1. The van der Waals surface area contributed by atoms with Crippen molar-refractivity contribution in [3.63, 3.8) is 0 Å². The summed E-state index contributed by atoms with van der Waals surface area (Å²) in [6.45, 7) is -0.112. The average molecular weight is 377 g/mol. The molecule has 3 rings (SSSR count). The van der Waals surface area contributed by atoms with E-state index in [4.69, 9.17) is 25.8 Å². The lowest BCUT2D eigenvalue weighted by atomic mass is 10.3. The first kappa shape index (κ1) is 17.9. The second-order valence-corrected chi connectivity index (χ2v) is 6.05. The Morgan fingerprint density at radius 3 is 2.65 bits per heavy atom. The first-order valence-corrected chi connectivity index (χ1v) is 8.21. The van der Waals surface area contributed by atoms with Crippen LogP contribution in [0.3, 0.4) is 0 Å². The maximum absolute atomic E-state index is 12.1. The van der Waals surface area contributed by atoms with Gasteiger partial charge in [-0.15, -0.1) is 0 Å². The van der Waals surface area contributed by atoms with Gasteiger partial charge in [0.2, 0.25) is 12.7 Å². The summed E-state index contributed by atoms with van der Waals surface area (Å²) in [5.41, 5.74) is 0.608. The predicted octanol–water partition coefficient (Wildman–Crippen LogP) is 2.54. The number of carbonyl (C=O) groups is 2. The van der Waals surface area contributed by atoms with Gasteiger partial charge in [0.25, 0.3) is 5.91 Å². The van der Waals surface area contributed by atoms with Crippen molar-refractivity contribution in [2.75, 3.05) is 32.3 Å². The molecule has 7 nitrogen and oxygen atoms in total. The number of hydrogen-bond acceptors (Lipinski definition) is 5. The van der Waals surface area contributed by atoms with Crippen molar-refractivity contribution in [2.24, 2.45) is 0 Å². The van der Waals surface area contributed by atoms with E-state index in [1.54, 1.807) is 42.5 Å². The smallest absolute Gasteiger partial charge is 0.260 e. The van der Waals surface area contributed by atoms with Crippen molar-refractivity contribution in [1.82, 2.24) is 4.90 Å². The molecule has 8 heteroatoms. The number of ether oxygens (including phenoxy) is 3. The van der Waals surface area contributed by atoms with Crippen LogP contribution in [0.2, 0.25) is 5.02 Å². The molecule has 0 radical (unpaired) electrons. The Labute approximate surface area is 155 Å². The summed E-state index contributed by atoms with van der Waals surface area (Å²) in [7, 11) is 1.53. The van der Waals surface area contributed by atoms with Gasteiger partial charge < -0.3 is 24.4 Å². The van der Waals surface area contributed by atoms with Gasteiger partial charge >= 0.3 is 0 Å².